The van der Waals surface area contributed by atoms with Gasteiger partial charge in [-0.25, -0.2) is 14.6 Å². The van der Waals surface area contributed by atoms with Crippen LogP contribution >= 0.6 is 0 Å². The molecule has 5 atom stereocenters. The molecule has 6 rings (SSSR count). The van der Waals surface area contributed by atoms with E-state index in [4.69, 9.17) is 23.9 Å². The van der Waals surface area contributed by atoms with E-state index in [1.54, 1.807) is 6.20 Å². The average Bonchev–Trinajstić information content (AvgIpc) is 3.63. The number of hydrogen-bond donors (Lipinski definition) is 1. The second-order valence-corrected chi connectivity index (χ2v) is 14.7. The molecule has 3 fully saturated rings. The number of pyridine rings is 2. The molecule has 47 heavy (non-hydrogen) atoms. The van der Waals surface area contributed by atoms with Gasteiger partial charge in [-0.15, -0.1) is 0 Å². The first kappa shape index (κ1) is 33.2. The summed E-state index contributed by atoms with van der Waals surface area (Å²) in [4.78, 5) is 53.4. The van der Waals surface area contributed by atoms with Gasteiger partial charge in [0.1, 0.15) is 36.1 Å². The number of amides is 2. The predicted octanol–water partition coefficient (Wildman–Crippen LogP) is 4.27. The zero-order valence-corrected chi connectivity index (χ0v) is 28.3. The fourth-order valence-corrected chi connectivity index (χ4v) is 7.12. The molecule has 256 valence electrons. The third kappa shape index (κ3) is 7.58. The third-order valence-corrected chi connectivity index (χ3v) is 10.0. The highest BCUT2D eigenvalue weighted by atomic mass is 16.6. The highest BCUT2D eigenvalue weighted by molar-refractivity contribution is 5.91. The topological polar surface area (TPSA) is 132 Å². The number of ether oxygens (including phenoxy) is 4. The van der Waals surface area contributed by atoms with Gasteiger partial charge in [-0.2, -0.15) is 0 Å². The molecule has 2 bridgehead atoms. The maximum absolute atomic E-state index is 14.2. The number of carbonyl (C=O) groups excluding carboxylic acids is 3. The van der Waals surface area contributed by atoms with Crippen molar-refractivity contribution in [1.82, 2.24) is 25.1 Å². The van der Waals surface area contributed by atoms with Crippen LogP contribution in [-0.4, -0.2) is 102 Å². The number of likely N-dealkylation sites (tertiary alicyclic amines) is 1. The molecule has 2 aromatic rings. The number of nitrogens with zero attached hydrogens (tertiary/aromatic N) is 4. The van der Waals surface area contributed by atoms with Gasteiger partial charge in [-0.3, -0.25) is 9.78 Å². The van der Waals surface area contributed by atoms with Gasteiger partial charge in [0.25, 0.3) is 0 Å². The lowest BCUT2D eigenvalue weighted by Crippen LogP contribution is -2.57. The van der Waals surface area contributed by atoms with Crippen LogP contribution in [0.4, 0.5) is 4.79 Å². The highest BCUT2D eigenvalue weighted by Gasteiger charge is 2.47. The minimum atomic E-state index is -0.923. The lowest BCUT2D eigenvalue weighted by molar-refractivity contribution is -0.152. The zero-order chi connectivity index (χ0) is 33.3. The third-order valence-electron chi connectivity index (χ3n) is 10.0. The van der Waals surface area contributed by atoms with Gasteiger partial charge >= 0.3 is 12.1 Å². The monoisotopic (exact) mass is 651 g/mol. The van der Waals surface area contributed by atoms with Crippen molar-refractivity contribution in [2.75, 3.05) is 33.8 Å². The van der Waals surface area contributed by atoms with Crippen molar-refractivity contribution in [2.24, 2.45) is 11.3 Å². The minimum Gasteiger partial charge on any atom is -0.489 e. The molecule has 1 aliphatic carbocycles. The maximum atomic E-state index is 14.2. The van der Waals surface area contributed by atoms with Crippen molar-refractivity contribution < 1.29 is 33.3 Å². The van der Waals surface area contributed by atoms with Crippen LogP contribution in [0.3, 0.4) is 0 Å². The molecule has 1 saturated carbocycles. The van der Waals surface area contributed by atoms with Gasteiger partial charge in [0, 0.05) is 31.9 Å². The number of hydrogen-bond acceptors (Lipinski definition) is 10. The van der Waals surface area contributed by atoms with Gasteiger partial charge in [0.05, 0.1) is 30.1 Å². The summed E-state index contributed by atoms with van der Waals surface area (Å²) < 4.78 is 24.4. The Balaban J connectivity index is 1.37. The Bertz CT molecular complexity index is 1470. The van der Waals surface area contributed by atoms with E-state index in [-0.39, 0.29) is 31.1 Å². The summed E-state index contributed by atoms with van der Waals surface area (Å²) in [5.74, 6) is 0.640. The number of piperidine rings is 1. The van der Waals surface area contributed by atoms with Gasteiger partial charge in [0.15, 0.2) is 0 Å². The SMILES string of the molecule is COC(=O)[C@@H]1C[C@@H]2CN1C(=O)[C@H](C(C)(C)C)NC(=O)OC1CC1CCCCCc1c(nc3ccncc3c1OC1CCN(C)CC1)O2. The smallest absolute Gasteiger partial charge is 0.408 e. The molecular formula is C35H49N5O7. The molecule has 4 aliphatic rings. The molecule has 5 heterocycles. The summed E-state index contributed by atoms with van der Waals surface area (Å²) in [7, 11) is 3.44. The number of rotatable bonds is 3. The standard InChI is InChI=1S/C35H49N5O7/c1-35(2,3)30-32(41)40-20-23(18-27(40)33(42)44-5)46-31-24(10-8-6-7-9-21-17-28(21)47-34(43)38-30)29(25-19-36-14-11-26(25)37-31)45-22-12-15-39(4)16-13-22/h11,14,19,21-23,27-28,30H,6-10,12-13,15-18,20H2,1-5H3,(H,38,43)/t21?,23-,27+,28?,30-/m1/s1. The van der Waals surface area contributed by atoms with Crippen LogP contribution in [-0.2, 0) is 25.5 Å². The average molecular weight is 652 g/mol. The summed E-state index contributed by atoms with van der Waals surface area (Å²) in [6.07, 6.45) is 9.78. The molecule has 2 unspecified atom stereocenters. The molecule has 1 N–H and O–H groups in total. The van der Waals surface area contributed by atoms with Crippen LogP contribution in [0.1, 0.15) is 77.7 Å². The van der Waals surface area contributed by atoms with E-state index in [0.717, 1.165) is 80.3 Å². The largest absolute Gasteiger partial charge is 0.489 e. The van der Waals surface area contributed by atoms with E-state index in [2.05, 4.69) is 22.2 Å². The Kier molecular flexibility index (Phi) is 9.77. The van der Waals surface area contributed by atoms with Gasteiger partial charge in [-0.1, -0.05) is 33.6 Å². The lowest BCUT2D eigenvalue weighted by Gasteiger charge is -2.34. The number of esters is 1. The van der Waals surface area contributed by atoms with Crippen LogP contribution in [0.15, 0.2) is 18.5 Å². The minimum absolute atomic E-state index is 0.0637. The van der Waals surface area contributed by atoms with E-state index in [9.17, 15) is 14.4 Å². The molecule has 3 aliphatic heterocycles. The van der Waals surface area contributed by atoms with E-state index in [1.165, 1.54) is 12.0 Å². The Morgan fingerprint density at radius 3 is 2.60 bits per heavy atom. The molecular weight excluding hydrogens is 602 g/mol. The van der Waals surface area contributed by atoms with Gasteiger partial charge in [-0.05, 0) is 63.0 Å². The Labute approximate surface area is 276 Å². The van der Waals surface area contributed by atoms with Crippen LogP contribution in [0.25, 0.3) is 10.9 Å². The van der Waals surface area contributed by atoms with Gasteiger partial charge in [0.2, 0.25) is 11.8 Å². The number of alkyl carbamates (subject to hydrolysis) is 1. The fraction of sp³-hybridized carbons (Fsp3) is 0.686. The predicted molar refractivity (Wildman–Crippen MR) is 174 cm³/mol. The maximum Gasteiger partial charge on any atom is 0.408 e. The normalized spacial score (nSPS) is 28.2. The molecule has 12 nitrogen and oxygen atoms in total. The molecule has 2 saturated heterocycles. The second kappa shape index (κ2) is 13.8. The van der Waals surface area contributed by atoms with Crippen LogP contribution in [0.2, 0.25) is 0 Å². The Morgan fingerprint density at radius 1 is 1.06 bits per heavy atom. The zero-order valence-electron chi connectivity index (χ0n) is 28.3. The summed E-state index contributed by atoms with van der Waals surface area (Å²) in [5.41, 5.74) is 0.966. The molecule has 2 amide bonds. The summed E-state index contributed by atoms with van der Waals surface area (Å²) in [6.45, 7) is 7.70. The molecule has 12 heteroatoms. The van der Waals surface area contributed by atoms with Crippen molar-refractivity contribution in [1.29, 1.82) is 0 Å². The van der Waals surface area contributed by atoms with Crippen molar-refractivity contribution in [3.05, 3.63) is 24.0 Å². The molecule has 0 radical (unpaired) electrons. The first-order chi connectivity index (χ1) is 22.5. The Hall–Kier alpha value is -3.67. The van der Waals surface area contributed by atoms with Crippen LogP contribution in [0, 0.1) is 11.3 Å². The van der Waals surface area contributed by atoms with E-state index in [1.807, 2.05) is 33.0 Å². The fourth-order valence-electron chi connectivity index (χ4n) is 7.12. The first-order valence-corrected chi connectivity index (χ1v) is 17.2. The Morgan fingerprint density at radius 2 is 1.85 bits per heavy atom. The summed E-state index contributed by atoms with van der Waals surface area (Å²) >= 11 is 0. The van der Waals surface area contributed by atoms with Gasteiger partial charge < -0.3 is 34.1 Å². The van der Waals surface area contributed by atoms with E-state index < -0.39 is 35.7 Å². The summed E-state index contributed by atoms with van der Waals surface area (Å²) in [6, 6.07) is 0.0600. The van der Waals surface area contributed by atoms with E-state index in [0.29, 0.717) is 18.2 Å². The van der Waals surface area contributed by atoms with E-state index >= 15 is 0 Å². The van der Waals surface area contributed by atoms with Crippen molar-refractivity contribution >= 4 is 28.9 Å². The van der Waals surface area contributed by atoms with Crippen molar-refractivity contribution in [3.63, 3.8) is 0 Å². The lowest BCUT2D eigenvalue weighted by atomic mass is 9.85. The number of nitrogens with one attached hydrogen (secondary N) is 1. The number of fused-ring (bicyclic) bond motifs is 5. The van der Waals surface area contributed by atoms with Crippen LogP contribution < -0.4 is 14.8 Å². The quantitative estimate of drug-likeness (QED) is 0.480. The number of carbonyl (C=O) groups is 3. The highest BCUT2D eigenvalue weighted by Crippen LogP contribution is 2.41. The second-order valence-electron chi connectivity index (χ2n) is 14.7. The number of aromatic nitrogens is 2. The molecule has 0 aromatic carbocycles. The first-order valence-electron chi connectivity index (χ1n) is 17.2. The molecule has 0 spiro atoms. The summed E-state index contributed by atoms with van der Waals surface area (Å²) in [5, 5.41) is 3.68. The van der Waals surface area contributed by atoms with Crippen molar-refractivity contribution in [2.45, 2.75) is 109 Å². The molecule has 2 aromatic heterocycles. The van der Waals surface area contributed by atoms with Crippen molar-refractivity contribution in [3.8, 4) is 11.6 Å². The van der Waals surface area contributed by atoms with Crippen LogP contribution in [0.5, 0.6) is 11.6 Å². The number of methoxy groups -OCH3 is 1.